The summed E-state index contributed by atoms with van der Waals surface area (Å²) in [5.41, 5.74) is 0. The molecule has 1 saturated heterocycles. The minimum Gasteiger partial charge on any atom is -0.303 e. The summed E-state index contributed by atoms with van der Waals surface area (Å²) >= 11 is 0. The van der Waals surface area contributed by atoms with E-state index in [4.69, 9.17) is 0 Å². The SMILES string of the molecule is C[15N]1CC[15N]([15N]=O)CC1. The highest BCUT2D eigenvalue weighted by Crippen LogP contribution is 1.97. The molecule has 0 bridgehead atoms. The third-order valence-corrected chi connectivity index (χ3v) is 1.60. The van der Waals surface area contributed by atoms with Gasteiger partial charge in [0.05, 0.1) is 18.4 Å². The zero-order valence-electron chi connectivity index (χ0n) is 5.58. The highest BCUT2D eigenvalue weighted by atomic mass is 16.6. The van der Waals surface area contributed by atoms with Gasteiger partial charge in [-0.2, -0.15) is 0 Å². The Morgan fingerprint density at radius 1 is 1.22 bits per heavy atom. The lowest BCUT2D eigenvalue weighted by Crippen LogP contribution is -2.41. The van der Waals surface area contributed by atoms with Crippen LogP contribution < -0.4 is 0 Å². The summed E-state index contributed by atoms with van der Waals surface area (Å²) in [6, 6.07) is 0. The first-order chi connectivity index (χ1) is 4.33. The fourth-order valence-electron chi connectivity index (χ4n) is 0.878. The van der Waals surface area contributed by atoms with E-state index in [1.54, 1.807) is 5.01 Å². The van der Waals surface area contributed by atoms with E-state index in [0.29, 0.717) is 0 Å². The van der Waals surface area contributed by atoms with Crippen LogP contribution in [0.4, 0.5) is 0 Å². The fourth-order valence-corrected chi connectivity index (χ4v) is 0.878. The molecule has 0 aromatic heterocycles. The van der Waals surface area contributed by atoms with Crippen molar-refractivity contribution < 1.29 is 0 Å². The van der Waals surface area contributed by atoms with Crippen molar-refractivity contribution >= 4 is 0 Å². The van der Waals surface area contributed by atoms with E-state index in [0.717, 1.165) is 26.2 Å². The molecule has 9 heavy (non-hydrogen) atoms. The molecule has 1 aliphatic heterocycles. The fraction of sp³-hybridized carbons (Fsp3) is 1.00. The van der Waals surface area contributed by atoms with Gasteiger partial charge in [0.15, 0.2) is 0 Å². The van der Waals surface area contributed by atoms with Crippen LogP contribution in [-0.2, 0) is 0 Å². The lowest BCUT2D eigenvalue weighted by atomic mass is 10.5. The Labute approximate surface area is 54.4 Å². The number of nitroso groups, excluding NO2 is 1. The van der Waals surface area contributed by atoms with Crippen LogP contribution in [0.5, 0.6) is 0 Å². The lowest BCUT2D eigenvalue weighted by molar-refractivity contribution is 0.157. The van der Waals surface area contributed by atoms with Gasteiger partial charge in [-0.25, -0.2) is 0 Å². The van der Waals surface area contributed by atoms with Gasteiger partial charge in [0, 0.05) is 13.1 Å². The van der Waals surface area contributed by atoms with Crippen molar-refractivity contribution in [2.24, 2.45) is 5.29 Å². The van der Waals surface area contributed by atoms with Gasteiger partial charge in [0.2, 0.25) is 0 Å². The van der Waals surface area contributed by atoms with Crippen molar-refractivity contribution in [3.8, 4) is 0 Å². The Morgan fingerprint density at radius 3 is 2.22 bits per heavy atom. The molecule has 52 valence electrons. The molecule has 0 saturated carbocycles. The molecule has 1 aliphatic rings. The molecule has 1 heterocycles. The molecule has 0 spiro atoms. The van der Waals surface area contributed by atoms with Gasteiger partial charge in [-0.1, -0.05) is 0 Å². The molecule has 4 nitrogen and oxygen atoms in total. The van der Waals surface area contributed by atoms with Crippen LogP contribution in [0.15, 0.2) is 5.29 Å². The number of piperazine rings is 1. The summed E-state index contributed by atoms with van der Waals surface area (Å²) in [4.78, 5) is 12.1. The maximum absolute atomic E-state index is 9.92. The number of hydrogen-bond acceptors (Lipinski definition) is 3. The molecular formula is C5H11N3O. The quantitative estimate of drug-likeness (QED) is 0.369. The third kappa shape index (κ3) is 1.64. The topological polar surface area (TPSA) is 35.9 Å². The second kappa shape index (κ2) is 2.77. The molecular weight excluding hydrogens is 121 g/mol. The molecule has 0 atom stereocenters. The second-order valence-corrected chi connectivity index (χ2v) is 2.34. The van der Waals surface area contributed by atoms with Crippen molar-refractivity contribution in [3.63, 3.8) is 0 Å². The Hall–Kier alpha value is -0.640. The molecule has 1 fully saturated rings. The zero-order valence-corrected chi connectivity index (χ0v) is 5.58. The van der Waals surface area contributed by atoms with E-state index in [2.05, 4.69) is 10.2 Å². The Balaban J connectivity index is 2.26. The first-order valence-corrected chi connectivity index (χ1v) is 3.09. The largest absolute Gasteiger partial charge is 0.303 e. The normalized spacial score (nSPS) is 22.1. The van der Waals surface area contributed by atoms with E-state index in [1.807, 2.05) is 7.05 Å². The lowest BCUT2D eigenvalue weighted by Gasteiger charge is -2.27. The summed E-state index contributed by atoms with van der Waals surface area (Å²) in [5.74, 6) is 0. The van der Waals surface area contributed by atoms with Crippen molar-refractivity contribution in [2.75, 3.05) is 33.2 Å². The molecule has 0 N–H and O–H groups in total. The Morgan fingerprint density at radius 2 is 1.78 bits per heavy atom. The molecule has 0 unspecified atom stereocenters. The minimum atomic E-state index is 0.778. The standard InChI is InChI=1S/C5H11N3O/c1-7-2-4-8(6-9)5-3-7/h2-5H2,1H3/i6+1,7+1,8+1. The van der Waals surface area contributed by atoms with Gasteiger partial charge < -0.3 is 4.90 Å². The monoisotopic (exact) mass is 132 g/mol. The van der Waals surface area contributed by atoms with Crippen molar-refractivity contribution in [2.45, 2.75) is 0 Å². The van der Waals surface area contributed by atoms with E-state index < -0.39 is 0 Å². The van der Waals surface area contributed by atoms with Gasteiger partial charge >= 0.3 is 0 Å². The summed E-state index contributed by atoms with van der Waals surface area (Å²) in [6.45, 7) is 3.46. The van der Waals surface area contributed by atoms with Crippen molar-refractivity contribution in [1.29, 1.82) is 0 Å². The number of hydrogen-bond donors (Lipinski definition) is 0. The summed E-state index contributed by atoms with van der Waals surface area (Å²) in [6.07, 6.45) is 0. The first-order valence-electron chi connectivity index (χ1n) is 3.09. The van der Waals surface area contributed by atoms with Gasteiger partial charge in [0.25, 0.3) is 0 Å². The predicted molar refractivity (Wildman–Crippen MR) is 34.9 cm³/mol. The number of rotatable bonds is 1. The average molecular weight is 132 g/mol. The van der Waals surface area contributed by atoms with Gasteiger partial charge in [0.1, 0.15) is 0 Å². The summed E-state index contributed by atoms with van der Waals surface area (Å²) in [7, 11) is 2.04. The smallest absolute Gasteiger partial charge is 0.0524 e. The molecule has 0 radical (unpaired) electrons. The van der Waals surface area contributed by atoms with Gasteiger partial charge in [-0.05, 0) is 7.05 Å². The van der Waals surface area contributed by atoms with Gasteiger partial charge in [-0.3, -0.25) is 5.01 Å². The van der Waals surface area contributed by atoms with E-state index in [9.17, 15) is 4.91 Å². The van der Waals surface area contributed by atoms with Crippen LogP contribution in [0.25, 0.3) is 0 Å². The second-order valence-electron chi connectivity index (χ2n) is 2.34. The molecule has 0 aromatic carbocycles. The van der Waals surface area contributed by atoms with E-state index >= 15 is 0 Å². The Bertz CT molecular complexity index is 98.4. The van der Waals surface area contributed by atoms with Crippen LogP contribution in [0.1, 0.15) is 0 Å². The van der Waals surface area contributed by atoms with Gasteiger partial charge in [-0.15, -0.1) is 4.91 Å². The predicted octanol–water partition coefficient (Wildman–Crippen LogP) is -0.0848. The molecule has 4 heteroatoms. The average Bonchev–Trinajstić information content (AvgIpc) is 1.90. The highest BCUT2D eigenvalue weighted by Gasteiger charge is 2.11. The van der Waals surface area contributed by atoms with Crippen LogP contribution >= 0.6 is 0 Å². The maximum Gasteiger partial charge on any atom is 0.0524 e. The molecule has 0 aliphatic carbocycles. The molecule has 0 amide bonds. The maximum atomic E-state index is 9.92. The van der Waals surface area contributed by atoms with Crippen LogP contribution in [0.3, 0.4) is 0 Å². The van der Waals surface area contributed by atoms with Crippen molar-refractivity contribution in [3.05, 3.63) is 4.91 Å². The minimum absolute atomic E-state index is 0.778. The van der Waals surface area contributed by atoms with Crippen molar-refractivity contribution in [1.82, 2.24) is 9.91 Å². The first kappa shape index (κ1) is 6.48. The summed E-state index contributed by atoms with van der Waals surface area (Å²) < 4.78 is 0. The molecule has 0 aromatic rings. The van der Waals surface area contributed by atoms with Crippen LogP contribution in [-0.4, -0.2) is 43.1 Å². The number of nitrogens with zero attached hydrogens (tertiary/aromatic N) is 3. The van der Waals surface area contributed by atoms with Crippen LogP contribution in [0, 0.1) is 4.91 Å². The van der Waals surface area contributed by atoms with E-state index in [-0.39, 0.29) is 0 Å². The Kier molecular flexibility index (Phi) is 2.00. The van der Waals surface area contributed by atoms with Crippen LogP contribution in [0.2, 0.25) is 0 Å². The highest BCUT2D eigenvalue weighted by molar-refractivity contribution is 4.64. The van der Waals surface area contributed by atoms with E-state index in [1.165, 1.54) is 0 Å². The molecule has 1 rings (SSSR count). The summed E-state index contributed by atoms with van der Waals surface area (Å²) in [5, 5.41) is 4.39. The zero-order chi connectivity index (χ0) is 6.69. The third-order valence-electron chi connectivity index (χ3n) is 1.60. The number of likely N-dealkylation sites (N-methyl/N-ethyl adjacent to an activating group) is 1.